The lowest BCUT2D eigenvalue weighted by atomic mass is 10.2. The van der Waals surface area contributed by atoms with Gasteiger partial charge in [-0.3, -0.25) is 0 Å². The molecule has 0 aliphatic carbocycles. The van der Waals surface area contributed by atoms with Crippen LogP contribution in [0.1, 0.15) is 16.7 Å². The summed E-state index contributed by atoms with van der Waals surface area (Å²) in [6.07, 6.45) is 1.30. The van der Waals surface area contributed by atoms with Crippen LogP contribution < -0.4 is 14.3 Å². The highest BCUT2D eigenvalue weighted by atomic mass is 32.2. The second kappa shape index (κ2) is 7.43. The summed E-state index contributed by atoms with van der Waals surface area (Å²) in [4.78, 5) is 2.35. The van der Waals surface area contributed by atoms with E-state index in [-0.39, 0.29) is 22.1 Å². The number of ether oxygens (including phenoxy) is 2. The Bertz CT molecular complexity index is 882. The molecule has 0 aromatic heterocycles. The first kappa shape index (κ1) is 18.6. The molecular formula is C17H20N2O5S. The molecule has 0 bridgehead atoms. The van der Waals surface area contributed by atoms with Gasteiger partial charge in [-0.05, 0) is 43.2 Å². The minimum Gasteiger partial charge on any atom is -0.502 e. The zero-order chi connectivity index (χ0) is 18.6. The van der Waals surface area contributed by atoms with Crippen molar-refractivity contribution in [3.63, 3.8) is 0 Å². The lowest BCUT2D eigenvalue weighted by Gasteiger charge is -2.09. The standard InChI is InChI=1S/C17H20N2O5S/c1-11-5-6-12(2)16(7-11)25(21,22)19-18-10-13-8-14(23-3)17(20)15(9-13)24-4/h5-10,19-20H,1-4H3/b18-10+. The van der Waals surface area contributed by atoms with Crippen LogP contribution in [-0.4, -0.2) is 34.0 Å². The molecule has 2 N–H and O–H groups in total. The summed E-state index contributed by atoms with van der Waals surface area (Å²) >= 11 is 0. The number of aromatic hydroxyl groups is 1. The van der Waals surface area contributed by atoms with E-state index in [0.29, 0.717) is 11.1 Å². The van der Waals surface area contributed by atoms with Crippen LogP contribution in [0.5, 0.6) is 17.2 Å². The Labute approximate surface area is 147 Å². The van der Waals surface area contributed by atoms with E-state index in [1.807, 2.05) is 13.0 Å². The third kappa shape index (κ3) is 4.21. The molecule has 134 valence electrons. The van der Waals surface area contributed by atoms with E-state index >= 15 is 0 Å². The number of phenols is 1. The van der Waals surface area contributed by atoms with Crippen LogP contribution in [0.15, 0.2) is 40.3 Å². The molecule has 2 aromatic carbocycles. The monoisotopic (exact) mass is 364 g/mol. The molecule has 7 nitrogen and oxygen atoms in total. The zero-order valence-corrected chi connectivity index (χ0v) is 15.2. The maximum atomic E-state index is 12.4. The predicted molar refractivity (Wildman–Crippen MR) is 95.0 cm³/mol. The van der Waals surface area contributed by atoms with Crippen molar-refractivity contribution in [2.45, 2.75) is 18.7 Å². The van der Waals surface area contributed by atoms with E-state index in [0.717, 1.165) is 5.56 Å². The Balaban J connectivity index is 2.27. The van der Waals surface area contributed by atoms with Crippen LogP contribution >= 0.6 is 0 Å². The Morgan fingerprint density at radius 2 is 1.68 bits per heavy atom. The van der Waals surface area contributed by atoms with Gasteiger partial charge < -0.3 is 14.6 Å². The lowest BCUT2D eigenvalue weighted by molar-refractivity contribution is 0.340. The van der Waals surface area contributed by atoms with Crippen molar-refractivity contribution in [3.05, 3.63) is 47.0 Å². The zero-order valence-electron chi connectivity index (χ0n) is 14.4. The molecule has 0 radical (unpaired) electrons. The number of benzene rings is 2. The van der Waals surface area contributed by atoms with E-state index in [1.54, 1.807) is 19.1 Å². The smallest absolute Gasteiger partial charge is 0.276 e. The average molecular weight is 364 g/mol. The van der Waals surface area contributed by atoms with Crippen molar-refractivity contribution in [1.82, 2.24) is 4.83 Å². The summed E-state index contributed by atoms with van der Waals surface area (Å²) < 4.78 is 34.8. The molecule has 0 atom stereocenters. The van der Waals surface area contributed by atoms with Crippen molar-refractivity contribution in [2.24, 2.45) is 5.10 Å². The topological polar surface area (TPSA) is 97.2 Å². The number of sulfonamides is 1. The maximum absolute atomic E-state index is 12.4. The molecule has 0 saturated heterocycles. The number of hydrazone groups is 1. The summed E-state index contributed by atoms with van der Waals surface area (Å²) in [7, 11) is -0.980. The number of phenolic OH excluding ortho intramolecular Hbond substituents is 1. The SMILES string of the molecule is COc1cc(/C=N/NS(=O)(=O)c2cc(C)ccc2C)cc(OC)c1O. The number of hydrogen-bond donors (Lipinski definition) is 2. The van der Waals surface area contributed by atoms with Crippen molar-refractivity contribution in [2.75, 3.05) is 14.2 Å². The maximum Gasteiger partial charge on any atom is 0.276 e. The molecule has 0 saturated carbocycles. The van der Waals surface area contributed by atoms with Gasteiger partial charge in [0.1, 0.15) is 0 Å². The fourth-order valence-electron chi connectivity index (χ4n) is 2.20. The van der Waals surface area contributed by atoms with Crippen molar-refractivity contribution in [3.8, 4) is 17.2 Å². The minimum absolute atomic E-state index is 0.141. The molecule has 0 fully saturated rings. The Morgan fingerprint density at radius 1 is 1.08 bits per heavy atom. The number of rotatable bonds is 6. The summed E-state index contributed by atoms with van der Waals surface area (Å²) in [6.45, 7) is 3.53. The van der Waals surface area contributed by atoms with Gasteiger partial charge in [0, 0.05) is 5.56 Å². The third-order valence-corrected chi connectivity index (χ3v) is 4.89. The predicted octanol–water partition coefficient (Wildman–Crippen LogP) is 2.34. The molecule has 0 unspecified atom stereocenters. The van der Waals surface area contributed by atoms with Crippen LogP contribution in [-0.2, 0) is 10.0 Å². The van der Waals surface area contributed by atoms with E-state index in [1.165, 1.54) is 32.6 Å². The van der Waals surface area contributed by atoms with E-state index in [2.05, 4.69) is 9.93 Å². The molecular weight excluding hydrogens is 344 g/mol. The van der Waals surface area contributed by atoms with Crippen LogP contribution in [0.3, 0.4) is 0 Å². The first-order chi connectivity index (χ1) is 11.8. The Kier molecular flexibility index (Phi) is 5.53. The fourth-order valence-corrected chi connectivity index (χ4v) is 3.33. The van der Waals surface area contributed by atoms with Gasteiger partial charge in [0.2, 0.25) is 5.75 Å². The summed E-state index contributed by atoms with van der Waals surface area (Å²) in [6, 6.07) is 8.18. The highest BCUT2D eigenvalue weighted by Crippen LogP contribution is 2.36. The van der Waals surface area contributed by atoms with Gasteiger partial charge in [-0.1, -0.05) is 12.1 Å². The molecule has 8 heteroatoms. The molecule has 0 heterocycles. The normalized spacial score (nSPS) is 11.5. The molecule has 0 spiro atoms. The van der Waals surface area contributed by atoms with Crippen LogP contribution in [0, 0.1) is 13.8 Å². The summed E-state index contributed by atoms with van der Waals surface area (Å²) in [5, 5.41) is 13.7. The van der Waals surface area contributed by atoms with Crippen molar-refractivity contribution < 1.29 is 23.0 Å². The van der Waals surface area contributed by atoms with Crippen LogP contribution in [0.25, 0.3) is 0 Å². The lowest BCUT2D eigenvalue weighted by Crippen LogP contribution is -2.19. The average Bonchev–Trinajstić information content (AvgIpc) is 2.57. The second-order valence-corrected chi connectivity index (χ2v) is 7.03. The fraction of sp³-hybridized carbons (Fsp3) is 0.235. The summed E-state index contributed by atoms with van der Waals surface area (Å²) in [5.74, 6) is 0.245. The number of aryl methyl sites for hydroxylation is 2. The molecule has 2 rings (SSSR count). The first-order valence-electron chi connectivity index (χ1n) is 7.35. The van der Waals surface area contributed by atoms with Crippen molar-refractivity contribution in [1.29, 1.82) is 0 Å². The molecule has 0 amide bonds. The van der Waals surface area contributed by atoms with Gasteiger partial charge in [0.25, 0.3) is 10.0 Å². The number of nitrogens with one attached hydrogen (secondary N) is 1. The van der Waals surface area contributed by atoms with Gasteiger partial charge >= 0.3 is 0 Å². The summed E-state index contributed by atoms with van der Waals surface area (Å²) in [5.41, 5.74) is 1.96. The molecule has 0 aliphatic heterocycles. The molecule has 0 aliphatic rings. The van der Waals surface area contributed by atoms with E-state index in [4.69, 9.17) is 9.47 Å². The van der Waals surface area contributed by atoms with Gasteiger partial charge in [-0.25, -0.2) is 4.83 Å². The molecule has 2 aromatic rings. The molecule has 25 heavy (non-hydrogen) atoms. The van der Waals surface area contributed by atoms with Crippen molar-refractivity contribution >= 4 is 16.2 Å². The van der Waals surface area contributed by atoms with Gasteiger partial charge in [0.05, 0.1) is 25.3 Å². The van der Waals surface area contributed by atoms with Gasteiger partial charge in [-0.2, -0.15) is 13.5 Å². The highest BCUT2D eigenvalue weighted by Gasteiger charge is 2.16. The van der Waals surface area contributed by atoms with Crippen LogP contribution in [0.4, 0.5) is 0 Å². The van der Waals surface area contributed by atoms with Gasteiger partial charge in [-0.15, -0.1) is 0 Å². The minimum atomic E-state index is -3.78. The second-order valence-electron chi connectivity index (χ2n) is 5.40. The number of nitrogens with zero attached hydrogens (tertiary/aromatic N) is 1. The quantitative estimate of drug-likeness (QED) is 0.606. The van der Waals surface area contributed by atoms with Crippen LogP contribution in [0.2, 0.25) is 0 Å². The third-order valence-electron chi connectivity index (χ3n) is 3.52. The first-order valence-corrected chi connectivity index (χ1v) is 8.84. The Morgan fingerprint density at radius 3 is 2.24 bits per heavy atom. The van der Waals surface area contributed by atoms with E-state index in [9.17, 15) is 13.5 Å². The van der Waals surface area contributed by atoms with Gasteiger partial charge in [0.15, 0.2) is 11.5 Å². The number of methoxy groups -OCH3 is 2. The Hall–Kier alpha value is -2.74. The number of hydrogen-bond acceptors (Lipinski definition) is 6. The largest absolute Gasteiger partial charge is 0.502 e. The van der Waals surface area contributed by atoms with E-state index < -0.39 is 10.0 Å². The highest BCUT2D eigenvalue weighted by molar-refractivity contribution is 7.89.